The number of oxime groups is 1. The van der Waals surface area contributed by atoms with Crippen molar-refractivity contribution < 1.29 is 33.4 Å². The monoisotopic (exact) mass is 1180 g/mol. The summed E-state index contributed by atoms with van der Waals surface area (Å²) in [6.07, 6.45) is -0.271. The number of carbonyl (C=O) groups excluding carboxylic acids is 3. The Balaban J connectivity index is 0.898. The summed E-state index contributed by atoms with van der Waals surface area (Å²) in [6, 6.07) is 78.4. The lowest BCUT2D eigenvalue weighted by Gasteiger charge is -2.54. The maximum absolute atomic E-state index is 15.5. The molecule has 3 aliphatic heterocycles. The van der Waals surface area contributed by atoms with Crippen LogP contribution in [0.2, 0.25) is 0 Å². The highest BCUT2D eigenvalue weighted by molar-refractivity contribution is 8.05. The van der Waals surface area contributed by atoms with Crippen molar-refractivity contribution in [3.8, 4) is 0 Å². The van der Waals surface area contributed by atoms with Crippen molar-refractivity contribution in [3.63, 3.8) is 0 Å². The first-order valence-electron chi connectivity index (χ1n) is 28.4. The number of fused-ring (bicyclic) bond motifs is 1. The molecule has 0 radical (unpaired) electrons. The summed E-state index contributed by atoms with van der Waals surface area (Å²) in [5.74, 6) is -1.51. The second-order valence-electron chi connectivity index (χ2n) is 21.6. The van der Waals surface area contributed by atoms with Crippen LogP contribution in [0.4, 0.5) is 5.13 Å². The van der Waals surface area contributed by atoms with E-state index < -0.39 is 51.1 Å². The van der Waals surface area contributed by atoms with E-state index in [2.05, 4.69) is 47.0 Å². The fraction of sp³-hybridized carbons (Fsp3) is 0.214. The first-order chi connectivity index (χ1) is 41.6. The minimum Gasteiger partial charge on any atom is -0.451 e. The van der Waals surface area contributed by atoms with Gasteiger partial charge >= 0.3 is 5.97 Å². The molecule has 12 rings (SSSR count). The van der Waals surface area contributed by atoms with Crippen molar-refractivity contribution in [2.24, 2.45) is 5.16 Å². The van der Waals surface area contributed by atoms with Crippen LogP contribution in [0, 0.1) is 0 Å². The standard InChI is InChI=1S/C70H63N5O7S3/c1-67(2)79-44-43-57(81-67)45-85-68(65(78)80-61(49-27-11-3-12-28-49)50-29-13-4-14-30-50)47-75-63(77)60(64(75)84-48-68)72-62(76)59(74-82-70(54-37-21-8-22-38-54,55-39-23-9-24-40-55)56-41-25-10-26-42-56)58-46-83-66(71-58)73-69(51-31-15-5-16-32-51,52-33-17-6-18-34-52)53-35-19-7-20-36-53/h3-42,46,57,60-61,64H,43-45,47-48H2,1-2H3,(H,71,73)(H,72,76)/t57?,60?,64-,68?/m1/s1. The Morgan fingerprint density at radius 1 is 0.682 bits per heavy atom. The van der Waals surface area contributed by atoms with Gasteiger partial charge in [-0.25, -0.2) is 4.98 Å². The molecule has 3 unspecified atom stereocenters. The molecule has 0 aliphatic carbocycles. The molecule has 2 N–H and O–H groups in total. The molecular weight excluding hydrogens is 1120 g/mol. The van der Waals surface area contributed by atoms with E-state index in [1.807, 2.05) is 220 Å². The SMILES string of the molecule is CC1(C)OCCC(CSC2(C(=O)OC(c3ccccc3)c3ccccc3)CS[C@@H]3C(NC(=O)C(=NOC(c4ccccc4)(c4ccccc4)c4ccccc4)c4csc(NC(c5ccccc5)(c5ccccc5)c5ccccc5)n4)C(=O)N3C2)O1. The number of esters is 1. The molecule has 2 amide bonds. The van der Waals surface area contributed by atoms with Crippen molar-refractivity contribution in [1.29, 1.82) is 0 Å². The molecule has 4 atom stereocenters. The maximum atomic E-state index is 15.5. The molecule has 15 heteroatoms. The summed E-state index contributed by atoms with van der Waals surface area (Å²) in [5, 5.41) is 13.6. The Morgan fingerprint density at radius 2 is 1.14 bits per heavy atom. The van der Waals surface area contributed by atoms with Gasteiger partial charge < -0.3 is 34.6 Å². The number of thioether (sulfide) groups is 2. The molecular formula is C70H63N5O7S3. The second-order valence-corrected chi connectivity index (χ2v) is 25.0. The van der Waals surface area contributed by atoms with Crippen molar-refractivity contribution in [2.45, 2.75) is 65.6 Å². The van der Waals surface area contributed by atoms with Gasteiger partial charge in [-0.3, -0.25) is 14.4 Å². The largest absolute Gasteiger partial charge is 0.451 e. The highest BCUT2D eigenvalue weighted by Gasteiger charge is 2.59. The number of thiazole rings is 1. The zero-order valence-corrected chi connectivity index (χ0v) is 49.4. The first kappa shape index (κ1) is 57.1. The minimum absolute atomic E-state index is 0.0488. The van der Waals surface area contributed by atoms with E-state index in [1.54, 1.807) is 10.3 Å². The van der Waals surface area contributed by atoms with Gasteiger partial charge in [-0.05, 0) is 48.1 Å². The van der Waals surface area contributed by atoms with E-state index >= 15 is 9.59 Å². The molecule has 3 saturated heterocycles. The normalized spacial score (nSPS) is 19.5. The van der Waals surface area contributed by atoms with E-state index in [9.17, 15) is 4.79 Å². The van der Waals surface area contributed by atoms with Crippen LogP contribution >= 0.6 is 34.9 Å². The van der Waals surface area contributed by atoms with Gasteiger partial charge in [-0.2, -0.15) is 0 Å². The lowest BCUT2D eigenvalue weighted by atomic mass is 9.77. The number of carbonyl (C=O) groups is 3. The molecule has 0 bridgehead atoms. The van der Waals surface area contributed by atoms with Gasteiger partial charge in [0.1, 0.15) is 27.4 Å². The molecule has 3 fully saturated rings. The Hall–Kier alpha value is -8.31. The molecule has 428 valence electrons. The van der Waals surface area contributed by atoms with Gasteiger partial charge in [-0.1, -0.05) is 248 Å². The third kappa shape index (κ3) is 11.8. The average molecular weight is 1180 g/mol. The predicted octanol–water partition coefficient (Wildman–Crippen LogP) is 13.0. The van der Waals surface area contributed by atoms with Crippen molar-refractivity contribution >= 4 is 63.5 Å². The van der Waals surface area contributed by atoms with Crippen LogP contribution in [0.15, 0.2) is 253 Å². The molecule has 4 heterocycles. The predicted molar refractivity (Wildman–Crippen MR) is 337 cm³/mol. The summed E-state index contributed by atoms with van der Waals surface area (Å²) in [4.78, 5) is 59.6. The number of benzene rings is 8. The lowest BCUT2D eigenvalue weighted by Crippen LogP contribution is -2.75. The first-order valence-corrected chi connectivity index (χ1v) is 31.3. The molecule has 3 aliphatic rings. The van der Waals surface area contributed by atoms with Crippen LogP contribution < -0.4 is 10.6 Å². The fourth-order valence-corrected chi connectivity index (χ4v) is 15.3. The molecule has 0 spiro atoms. The maximum Gasteiger partial charge on any atom is 0.325 e. The molecule has 9 aromatic rings. The number of rotatable bonds is 20. The molecule has 8 aromatic carbocycles. The summed E-state index contributed by atoms with van der Waals surface area (Å²) in [5.41, 5.74) is 4.64. The van der Waals surface area contributed by atoms with Crippen LogP contribution in [-0.4, -0.2) is 86.1 Å². The Labute approximate surface area is 508 Å². The number of hydrogen-bond acceptors (Lipinski definition) is 13. The number of nitrogens with one attached hydrogen (secondary N) is 2. The number of nitrogens with zero attached hydrogens (tertiary/aromatic N) is 3. The van der Waals surface area contributed by atoms with E-state index in [4.69, 9.17) is 29.2 Å². The molecule has 85 heavy (non-hydrogen) atoms. The van der Waals surface area contributed by atoms with E-state index in [0.29, 0.717) is 23.9 Å². The third-order valence-electron chi connectivity index (χ3n) is 15.7. The number of ether oxygens (including phenoxy) is 3. The third-order valence-corrected chi connectivity index (χ3v) is 19.7. The average Bonchev–Trinajstić information content (AvgIpc) is 1.44. The van der Waals surface area contributed by atoms with Gasteiger partial charge in [0.15, 0.2) is 22.7 Å². The van der Waals surface area contributed by atoms with Crippen molar-refractivity contribution in [3.05, 3.63) is 298 Å². The summed E-state index contributed by atoms with van der Waals surface area (Å²) in [6.45, 7) is 4.34. The van der Waals surface area contributed by atoms with Gasteiger partial charge in [0.05, 0.1) is 12.7 Å². The Kier molecular flexibility index (Phi) is 16.9. The van der Waals surface area contributed by atoms with E-state index in [1.165, 1.54) is 34.9 Å². The van der Waals surface area contributed by atoms with Gasteiger partial charge in [-0.15, -0.1) is 34.9 Å². The number of aromatic nitrogens is 1. The van der Waals surface area contributed by atoms with E-state index in [-0.39, 0.29) is 35.7 Å². The topological polar surface area (TPSA) is 141 Å². The van der Waals surface area contributed by atoms with E-state index in [0.717, 1.165) is 44.5 Å². The highest BCUT2D eigenvalue weighted by atomic mass is 32.2. The van der Waals surface area contributed by atoms with Gasteiger partial charge in [0, 0.05) is 40.1 Å². The summed E-state index contributed by atoms with van der Waals surface area (Å²) in [7, 11) is 0. The van der Waals surface area contributed by atoms with Crippen molar-refractivity contribution in [2.75, 3.05) is 30.0 Å². The zero-order valence-electron chi connectivity index (χ0n) is 46.9. The summed E-state index contributed by atoms with van der Waals surface area (Å²) >= 11 is 4.21. The number of hydrogen-bond donors (Lipinski definition) is 2. The smallest absolute Gasteiger partial charge is 0.325 e. The zero-order chi connectivity index (χ0) is 58.3. The number of β-lactam (4-membered cyclic amide) rings is 1. The Bertz CT molecular complexity index is 3510. The minimum atomic E-state index is -1.36. The second kappa shape index (κ2) is 25.1. The van der Waals surface area contributed by atoms with Crippen LogP contribution in [0.3, 0.4) is 0 Å². The number of anilines is 1. The van der Waals surface area contributed by atoms with Crippen LogP contribution in [0.1, 0.15) is 76.6 Å². The van der Waals surface area contributed by atoms with Gasteiger partial charge in [0.25, 0.3) is 5.91 Å². The van der Waals surface area contributed by atoms with Crippen LogP contribution in [-0.2, 0) is 44.6 Å². The number of amides is 2. The lowest BCUT2D eigenvalue weighted by molar-refractivity contribution is -0.267. The quantitative estimate of drug-likeness (QED) is 0.0248. The van der Waals surface area contributed by atoms with Crippen LogP contribution in [0.25, 0.3) is 0 Å². The van der Waals surface area contributed by atoms with Gasteiger partial charge in [0.2, 0.25) is 11.5 Å². The highest BCUT2D eigenvalue weighted by Crippen LogP contribution is 2.48. The molecule has 0 saturated carbocycles. The fourth-order valence-electron chi connectivity index (χ4n) is 11.5. The van der Waals surface area contributed by atoms with Crippen LogP contribution in [0.5, 0.6) is 0 Å². The molecule has 12 nitrogen and oxygen atoms in total. The Morgan fingerprint density at radius 3 is 1.61 bits per heavy atom. The summed E-state index contributed by atoms with van der Waals surface area (Å²) < 4.78 is 17.7. The van der Waals surface area contributed by atoms with Crippen molar-refractivity contribution in [1.82, 2.24) is 15.2 Å². The molecule has 1 aromatic heterocycles.